The summed E-state index contributed by atoms with van der Waals surface area (Å²) in [6.07, 6.45) is 3.26. The lowest BCUT2D eigenvalue weighted by Gasteiger charge is -2.13. The van der Waals surface area contributed by atoms with E-state index < -0.39 is 0 Å². The normalized spacial score (nSPS) is 10.2. The van der Waals surface area contributed by atoms with Crippen LogP contribution in [0.5, 0.6) is 11.5 Å². The summed E-state index contributed by atoms with van der Waals surface area (Å²) in [5, 5.41) is 6.16. The fraction of sp³-hybridized carbons (Fsp3) is 0.105. The molecule has 0 spiro atoms. The Kier molecular flexibility index (Phi) is 5.73. The highest BCUT2D eigenvalue weighted by atomic mass is 35.5. The van der Waals surface area contributed by atoms with Gasteiger partial charge >= 0.3 is 0 Å². The second-order valence-corrected chi connectivity index (χ2v) is 5.83. The van der Waals surface area contributed by atoms with E-state index in [1.54, 1.807) is 48.8 Å². The maximum atomic E-state index is 12.6. The number of amides is 1. The Bertz CT molecular complexity index is 951. The van der Waals surface area contributed by atoms with Crippen LogP contribution >= 0.6 is 11.6 Å². The Balaban J connectivity index is 1.80. The number of benzene rings is 2. The predicted molar refractivity (Wildman–Crippen MR) is 104 cm³/mol. The summed E-state index contributed by atoms with van der Waals surface area (Å²) in [4.78, 5) is 20.8. The summed E-state index contributed by atoms with van der Waals surface area (Å²) in [6, 6.07) is 11.9. The van der Waals surface area contributed by atoms with Crippen LogP contribution in [0, 0.1) is 0 Å². The van der Waals surface area contributed by atoms with Crippen LogP contribution in [0.25, 0.3) is 0 Å². The van der Waals surface area contributed by atoms with Gasteiger partial charge in [0, 0.05) is 35.8 Å². The number of carbonyl (C=O) groups is 1. The summed E-state index contributed by atoms with van der Waals surface area (Å²) in [6.45, 7) is 0. The number of rotatable bonds is 6. The fourth-order valence-corrected chi connectivity index (χ4v) is 2.58. The van der Waals surface area contributed by atoms with Gasteiger partial charge in [-0.05, 0) is 24.3 Å². The number of aromatic nitrogens is 2. The van der Waals surface area contributed by atoms with Crippen LogP contribution in [0.4, 0.5) is 17.3 Å². The smallest absolute Gasteiger partial charge is 0.255 e. The van der Waals surface area contributed by atoms with Crippen LogP contribution < -0.4 is 20.1 Å². The number of halogens is 1. The van der Waals surface area contributed by atoms with Gasteiger partial charge in [-0.15, -0.1) is 0 Å². The van der Waals surface area contributed by atoms with E-state index in [1.165, 1.54) is 14.2 Å². The van der Waals surface area contributed by atoms with Crippen LogP contribution in [0.15, 0.2) is 54.9 Å². The van der Waals surface area contributed by atoms with E-state index in [9.17, 15) is 4.79 Å². The first-order valence-corrected chi connectivity index (χ1v) is 8.35. The molecule has 1 aromatic heterocycles. The molecule has 7 nitrogen and oxygen atoms in total. The molecule has 0 aliphatic rings. The summed E-state index contributed by atoms with van der Waals surface area (Å²) in [5.41, 5.74) is 1.55. The first kappa shape index (κ1) is 18.5. The molecule has 1 amide bonds. The molecule has 0 saturated heterocycles. The van der Waals surface area contributed by atoms with E-state index in [4.69, 9.17) is 21.1 Å². The lowest BCUT2D eigenvalue weighted by atomic mass is 10.1. The van der Waals surface area contributed by atoms with Gasteiger partial charge in [0.2, 0.25) is 5.95 Å². The summed E-state index contributed by atoms with van der Waals surface area (Å²) in [7, 11) is 3.03. The van der Waals surface area contributed by atoms with Crippen molar-refractivity contribution in [1.82, 2.24) is 9.97 Å². The standard InChI is InChI=1S/C19H17ClN4O3/c1-26-16-10-14(20)15(11-17(16)27-2)24-18(25)12-5-3-6-13(9-12)23-19-21-7-4-8-22-19/h3-11H,1-2H3,(H,24,25)(H,21,22,23). The number of hydrogen-bond donors (Lipinski definition) is 2. The third kappa shape index (κ3) is 4.45. The minimum absolute atomic E-state index is 0.318. The molecule has 1 heterocycles. The fourth-order valence-electron chi connectivity index (χ4n) is 2.38. The number of methoxy groups -OCH3 is 2. The largest absolute Gasteiger partial charge is 0.493 e. The van der Waals surface area contributed by atoms with Gasteiger partial charge < -0.3 is 20.1 Å². The Morgan fingerprint density at radius 2 is 1.70 bits per heavy atom. The average molecular weight is 385 g/mol. The number of nitrogens with one attached hydrogen (secondary N) is 2. The van der Waals surface area contributed by atoms with Crippen molar-refractivity contribution in [2.24, 2.45) is 0 Å². The topological polar surface area (TPSA) is 85.4 Å². The molecular weight excluding hydrogens is 368 g/mol. The maximum Gasteiger partial charge on any atom is 0.255 e. The van der Waals surface area contributed by atoms with Gasteiger partial charge in [-0.1, -0.05) is 17.7 Å². The Morgan fingerprint density at radius 1 is 1.00 bits per heavy atom. The third-order valence-corrected chi connectivity index (χ3v) is 3.98. The van der Waals surface area contributed by atoms with E-state index >= 15 is 0 Å². The van der Waals surface area contributed by atoms with Crippen molar-refractivity contribution in [3.63, 3.8) is 0 Å². The highest BCUT2D eigenvalue weighted by Gasteiger charge is 2.14. The molecule has 3 rings (SSSR count). The molecule has 0 saturated carbocycles. The van der Waals surface area contributed by atoms with Crippen molar-refractivity contribution in [3.05, 3.63) is 65.4 Å². The molecule has 0 atom stereocenters. The summed E-state index contributed by atoms with van der Waals surface area (Å²) in [5.74, 6) is 1.07. The first-order chi connectivity index (χ1) is 13.1. The first-order valence-electron chi connectivity index (χ1n) is 7.97. The van der Waals surface area contributed by atoms with E-state index in [0.29, 0.717) is 39.4 Å². The molecule has 0 bridgehead atoms. The zero-order valence-electron chi connectivity index (χ0n) is 14.7. The molecule has 27 heavy (non-hydrogen) atoms. The molecule has 0 aliphatic carbocycles. The minimum Gasteiger partial charge on any atom is -0.493 e. The SMILES string of the molecule is COc1cc(Cl)c(NC(=O)c2cccc(Nc3ncccn3)c2)cc1OC. The molecule has 3 aromatic rings. The molecule has 0 unspecified atom stereocenters. The second kappa shape index (κ2) is 8.37. The highest BCUT2D eigenvalue weighted by molar-refractivity contribution is 6.34. The predicted octanol–water partition coefficient (Wildman–Crippen LogP) is 4.14. The maximum absolute atomic E-state index is 12.6. The van der Waals surface area contributed by atoms with Crippen LogP contribution in [-0.4, -0.2) is 30.1 Å². The van der Waals surface area contributed by atoms with Crippen molar-refractivity contribution >= 4 is 34.8 Å². The third-order valence-electron chi connectivity index (χ3n) is 3.67. The number of nitrogens with zero attached hydrogens (tertiary/aromatic N) is 2. The summed E-state index contributed by atoms with van der Waals surface area (Å²) >= 11 is 6.23. The minimum atomic E-state index is -0.318. The van der Waals surface area contributed by atoms with Gasteiger partial charge in [-0.3, -0.25) is 4.79 Å². The Morgan fingerprint density at radius 3 is 2.41 bits per heavy atom. The van der Waals surface area contributed by atoms with E-state index in [2.05, 4.69) is 20.6 Å². The number of ether oxygens (including phenoxy) is 2. The monoisotopic (exact) mass is 384 g/mol. The van der Waals surface area contributed by atoms with Crippen molar-refractivity contribution in [1.29, 1.82) is 0 Å². The lowest BCUT2D eigenvalue weighted by molar-refractivity contribution is 0.102. The van der Waals surface area contributed by atoms with E-state index in [-0.39, 0.29) is 5.91 Å². The van der Waals surface area contributed by atoms with Crippen LogP contribution in [-0.2, 0) is 0 Å². The molecular formula is C19H17ClN4O3. The second-order valence-electron chi connectivity index (χ2n) is 5.42. The van der Waals surface area contributed by atoms with Crippen LogP contribution in [0.3, 0.4) is 0 Å². The number of hydrogen-bond acceptors (Lipinski definition) is 6. The molecule has 0 radical (unpaired) electrons. The summed E-state index contributed by atoms with van der Waals surface area (Å²) < 4.78 is 10.4. The van der Waals surface area contributed by atoms with E-state index in [1.807, 2.05) is 6.07 Å². The zero-order valence-corrected chi connectivity index (χ0v) is 15.4. The number of carbonyl (C=O) groups excluding carboxylic acids is 1. The van der Waals surface area contributed by atoms with E-state index in [0.717, 1.165) is 0 Å². The van der Waals surface area contributed by atoms with Crippen LogP contribution in [0.1, 0.15) is 10.4 Å². The molecule has 0 fully saturated rings. The lowest BCUT2D eigenvalue weighted by Crippen LogP contribution is -2.12. The van der Waals surface area contributed by atoms with Crippen molar-refractivity contribution in [3.8, 4) is 11.5 Å². The van der Waals surface area contributed by atoms with Gasteiger partial charge in [-0.2, -0.15) is 0 Å². The van der Waals surface area contributed by atoms with Crippen molar-refractivity contribution < 1.29 is 14.3 Å². The zero-order chi connectivity index (χ0) is 19.2. The quantitative estimate of drug-likeness (QED) is 0.664. The highest BCUT2D eigenvalue weighted by Crippen LogP contribution is 2.36. The van der Waals surface area contributed by atoms with Gasteiger partial charge in [0.05, 0.1) is 24.9 Å². The Hall–Kier alpha value is -3.32. The Labute approximate surface area is 161 Å². The van der Waals surface area contributed by atoms with Gasteiger partial charge in [0.1, 0.15) is 0 Å². The average Bonchev–Trinajstić information content (AvgIpc) is 2.70. The molecule has 8 heteroatoms. The van der Waals surface area contributed by atoms with Gasteiger partial charge in [0.25, 0.3) is 5.91 Å². The van der Waals surface area contributed by atoms with Gasteiger partial charge in [0.15, 0.2) is 11.5 Å². The number of anilines is 3. The molecule has 138 valence electrons. The molecule has 0 aliphatic heterocycles. The molecule has 2 aromatic carbocycles. The van der Waals surface area contributed by atoms with Crippen LogP contribution in [0.2, 0.25) is 5.02 Å². The van der Waals surface area contributed by atoms with Crippen molar-refractivity contribution in [2.75, 3.05) is 24.9 Å². The van der Waals surface area contributed by atoms with Crippen molar-refractivity contribution in [2.45, 2.75) is 0 Å². The molecule has 2 N–H and O–H groups in total. The van der Waals surface area contributed by atoms with Gasteiger partial charge in [-0.25, -0.2) is 9.97 Å².